The summed E-state index contributed by atoms with van der Waals surface area (Å²) in [4.78, 5) is 14.3. The lowest BCUT2D eigenvalue weighted by Crippen LogP contribution is -2.55. The molecule has 2 aromatic rings. The molecule has 0 atom stereocenters. The molecule has 0 aromatic heterocycles. The van der Waals surface area contributed by atoms with Crippen molar-refractivity contribution < 1.29 is 4.79 Å². The second kappa shape index (κ2) is 6.06. The Bertz CT molecular complexity index is 733. The highest BCUT2D eigenvalue weighted by atomic mass is 16.1. The molecule has 3 aliphatic rings. The van der Waals surface area contributed by atoms with E-state index in [0.717, 1.165) is 19.0 Å². The number of piperidine rings is 2. The summed E-state index contributed by atoms with van der Waals surface area (Å²) >= 11 is 0. The van der Waals surface area contributed by atoms with Crippen LogP contribution >= 0.6 is 0 Å². The molecule has 3 nitrogen and oxygen atoms in total. The van der Waals surface area contributed by atoms with E-state index in [4.69, 9.17) is 5.73 Å². The Morgan fingerprint density at radius 3 is 2.54 bits per heavy atom. The average Bonchev–Trinajstić information content (AvgIpc) is 2.64. The molecule has 2 aliphatic heterocycles. The lowest BCUT2D eigenvalue weighted by Gasteiger charge is -2.55. The molecular formula is C21H24N2O. The first-order valence-corrected chi connectivity index (χ1v) is 8.87. The van der Waals surface area contributed by atoms with Crippen LogP contribution in [0.2, 0.25) is 0 Å². The number of fused-ring (bicyclic) bond motifs is 3. The first kappa shape index (κ1) is 15.4. The molecule has 1 saturated carbocycles. The maximum absolute atomic E-state index is 11.6. The van der Waals surface area contributed by atoms with Crippen LogP contribution < -0.4 is 5.73 Å². The summed E-state index contributed by atoms with van der Waals surface area (Å²) in [6.45, 7) is 2.12. The lowest BCUT2D eigenvalue weighted by molar-refractivity contribution is -0.0453. The van der Waals surface area contributed by atoms with Crippen molar-refractivity contribution >= 4 is 5.91 Å². The minimum atomic E-state index is -0.340. The average molecular weight is 320 g/mol. The van der Waals surface area contributed by atoms with Crippen molar-refractivity contribution in [3.63, 3.8) is 0 Å². The van der Waals surface area contributed by atoms with E-state index in [-0.39, 0.29) is 11.4 Å². The molecule has 5 rings (SSSR count). The van der Waals surface area contributed by atoms with Crippen LogP contribution in [0.15, 0.2) is 54.6 Å². The van der Waals surface area contributed by atoms with Gasteiger partial charge in [-0.05, 0) is 54.9 Å². The zero-order valence-electron chi connectivity index (χ0n) is 13.9. The summed E-state index contributed by atoms with van der Waals surface area (Å²) in [6.07, 6.45) is 4.91. The second-order valence-electron chi connectivity index (χ2n) is 7.29. The first-order chi connectivity index (χ1) is 11.7. The number of carbonyl (C=O) groups excluding carboxylic acids is 1. The highest BCUT2D eigenvalue weighted by Gasteiger charge is 2.47. The van der Waals surface area contributed by atoms with Gasteiger partial charge in [0.1, 0.15) is 0 Å². The third-order valence-electron chi connectivity index (χ3n) is 5.92. The molecule has 3 heteroatoms. The fraction of sp³-hybridized carbons (Fsp3) is 0.381. The van der Waals surface area contributed by atoms with Gasteiger partial charge in [0.15, 0.2) is 0 Å². The van der Waals surface area contributed by atoms with Gasteiger partial charge in [-0.1, -0.05) is 42.5 Å². The van der Waals surface area contributed by atoms with Crippen LogP contribution in [0.4, 0.5) is 0 Å². The van der Waals surface area contributed by atoms with Crippen LogP contribution in [0, 0.1) is 5.92 Å². The Balaban J connectivity index is 1.71. The molecule has 2 saturated heterocycles. The molecule has 0 spiro atoms. The number of benzene rings is 2. The fourth-order valence-electron chi connectivity index (χ4n) is 4.59. The topological polar surface area (TPSA) is 46.3 Å². The van der Waals surface area contributed by atoms with E-state index >= 15 is 0 Å². The summed E-state index contributed by atoms with van der Waals surface area (Å²) in [5.74, 6) is 0.474. The highest BCUT2D eigenvalue weighted by molar-refractivity contribution is 5.92. The number of carbonyl (C=O) groups is 1. The van der Waals surface area contributed by atoms with E-state index in [1.54, 1.807) is 0 Å². The van der Waals surface area contributed by atoms with Gasteiger partial charge in [-0.15, -0.1) is 0 Å². The third kappa shape index (κ3) is 2.63. The molecule has 2 aromatic carbocycles. The largest absolute Gasteiger partial charge is 0.366 e. The third-order valence-corrected chi connectivity index (χ3v) is 5.92. The fourth-order valence-corrected chi connectivity index (χ4v) is 4.59. The second-order valence-corrected chi connectivity index (χ2v) is 7.29. The molecule has 0 radical (unpaired) electrons. The van der Waals surface area contributed by atoms with Gasteiger partial charge in [-0.25, -0.2) is 0 Å². The molecule has 1 aliphatic carbocycles. The minimum absolute atomic E-state index is 0.0516. The van der Waals surface area contributed by atoms with E-state index in [1.165, 1.54) is 36.8 Å². The van der Waals surface area contributed by atoms with Crippen LogP contribution in [-0.2, 0) is 12.1 Å². The first-order valence-electron chi connectivity index (χ1n) is 8.87. The minimum Gasteiger partial charge on any atom is -0.366 e. The van der Waals surface area contributed by atoms with Crippen molar-refractivity contribution in [3.8, 4) is 0 Å². The predicted molar refractivity (Wildman–Crippen MR) is 95.4 cm³/mol. The zero-order chi connectivity index (χ0) is 16.6. The summed E-state index contributed by atoms with van der Waals surface area (Å²) in [5, 5.41) is 0. The number of primary amides is 1. The van der Waals surface area contributed by atoms with E-state index < -0.39 is 0 Å². The summed E-state index contributed by atoms with van der Waals surface area (Å²) in [7, 11) is 0. The van der Waals surface area contributed by atoms with Gasteiger partial charge in [-0.2, -0.15) is 0 Å². The maximum atomic E-state index is 11.6. The van der Waals surface area contributed by atoms with Crippen molar-refractivity contribution in [2.75, 3.05) is 6.54 Å². The van der Waals surface area contributed by atoms with Gasteiger partial charge in [0, 0.05) is 24.2 Å². The normalized spacial score (nSPS) is 26.4. The summed E-state index contributed by atoms with van der Waals surface area (Å²) < 4.78 is 0. The Kier molecular flexibility index (Phi) is 3.89. The van der Waals surface area contributed by atoms with Crippen LogP contribution in [0.5, 0.6) is 0 Å². The molecule has 3 fully saturated rings. The number of rotatable bonds is 4. The number of hydrogen-bond donors (Lipinski definition) is 1. The van der Waals surface area contributed by atoms with E-state index in [9.17, 15) is 4.79 Å². The smallest absolute Gasteiger partial charge is 0.248 e. The predicted octanol–water partition coefficient (Wildman–Crippen LogP) is 3.69. The van der Waals surface area contributed by atoms with Gasteiger partial charge in [-0.3, -0.25) is 9.69 Å². The van der Waals surface area contributed by atoms with Crippen molar-refractivity contribution in [2.24, 2.45) is 11.7 Å². The summed E-state index contributed by atoms with van der Waals surface area (Å²) in [5.41, 5.74) is 8.80. The Labute approximate surface area is 143 Å². The quantitative estimate of drug-likeness (QED) is 0.934. The number of hydrogen-bond acceptors (Lipinski definition) is 2. The molecule has 1 amide bonds. The van der Waals surface area contributed by atoms with Crippen molar-refractivity contribution in [1.29, 1.82) is 0 Å². The highest BCUT2D eigenvalue weighted by Crippen LogP contribution is 2.50. The van der Waals surface area contributed by atoms with Crippen LogP contribution in [-0.4, -0.2) is 17.4 Å². The Morgan fingerprint density at radius 2 is 1.83 bits per heavy atom. The van der Waals surface area contributed by atoms with Crippen molar-refractivity contribution in [2.45, 2.75) is 37.8 Å². The van der Waals surface area contributed by atoms with Crippen LogP contribution in [0.1, 0.15) is 47.2 Å². The van der Waals surface area contributed by atoms with E-state index in [2.05, 4.69) is 41.3 Å². The number of nitrogens with two attached hydrogens (primary N) is 1. The number of nitrogens with zero attached hydrogens (tertiary/aromatic N) is 1. The lowest BCUT2D eigenvalue weighted by atomic mass is 9.67. The molecular weight excluding hydrogens is 296 g/mol. The Hall–Kier alpha value is -2.13. The van der Waals surface area contributed by atoms with Crippen molar-refractivity contribution in [1.82, 2.24) is 4.90 Å². The Morgan fingerprint density at radius 1 is 1.08 bits per heavy atom. The van der Waals surface area contributed by atoms with Crippen LogP contribution in [0.25, 0.3) is 0 Å². The monoisotopic (exact) mass is 320 g/mol. The van der Waals surface area contributed by atoms with Gasteiger partial charge < -0.3 is 5.73 Å². The number of amides is 1. The molecule has 124 valence electrons. The summed E-state index contributed by atoms with van der Waals surface area (Å²) in [6, 6.07) is 18.7. The molecule has 2 N–H and O–H groups in total. The van der Waals surface area contributed by atoms with Gasteiger partial charge >= 0.3 is 0 Å². The van der Waals surface area contributed by atoms with E-state index in [0.29, 0.717) is 5.56 Å². The van der Waals surface area contributed by atoms with Gasteiger partial charge in [0.25, 0.3) is 0 Å². The zero-order valence-corrected chi connectivity index (χ0v) is 13.9. The van der Waals surface area contributed by atoms with Gasteiger partial charge in [0.2, 0.25) is 5.91 Å². The standard InChI is InChI=1S/C21H24N2O/c22-20(24)18-7-4-8-19(13-18)21-11-9-17(10-12-21)15-23(21)14-16-5-2-1-3-6-16/h1-8,13,17H,9-12,14-15H2,(H2,22,24). The SMILES string of the molecule is NC(=O)c1cccc(C23CCC(CC2)CN3Cc2ccccc2)c1. The van der Waals surface area contributed by atoms with Crippen molar-refractivity contribution in [3.05, 3.63) is 71.3 Å². The van der Waals surface area contributed by atoms with Gasteiger partial charge in [0.05, 0.1) is 0 Å². The molecule has 2 heterocycles. The molecule has 0 unspecified atom stereocenters. The van der Waals surface area contributed by atoms with Crippen LogP contribution in [0.3, 0.4) is 0 Å². The van der Waals surface area contributed by atoms with E-state index in [1.807, 2.05) is 18.2 Å². The maximum Gasteiger partial charge on any atom is 0.248 e. The molecule has 24 heavy (non-hydrogen) atoms. The molecule has 2 bridgehead atoms.